The number of fused-ring (bicyclic) bond motifs is 9. The van der Waals surface area contributed by atoms with Crippen molar-refractivity contribution in [2.75, 3.05) is 0 Å². The predicted molar refractivity (Wildman–Crippen MR) is 176 cm³/mol. The van der Waals surface area contributed by atoms with Crippen LogP contribution in [-0.4, -0.2) is 4.57 Å². The molecule has 0 saturated carbocycles. The van der Waals surface area contributed by atoms with Gasteiger partial charge in [0.1, 0.15) is 17.2 Å². The van der Waals surface area contributed by atoms with Crippen LogP contribution in [-0.2, 0) is 0 Å². The normalized spacial score (nSPS) is 11.7. The first kappa shape index (κ1) is 23.8. The van der Waals surface area contributed by atoms with Gasteiger partial charge in [-0.1, -0.05) is 66.7 Å². The Bertz CT molecular complexity index is 2710. The standard InChI is InChI=1S/C38H19N3OS/c39-20-22-12-15-27-26-6-1-3-9-31(26)41(33(27)18-22)32-10-5-8-30-36-25(16-14-24(21-40)37(36)43-38(30)32)23-13-17-29-28-7-2-4-11-34(28)42-35(29)19-23/h1-19H. The van der Waals surface area contributed by atoms with Gasteiger partial charge in [0, 0.05) is 32.3 Å². The monoisotopic (exact) mass is 565 g/mol. The Balaban J connectivity index is 1.37. The van der Waals surface area contributed by atoms with Gasteiger partial charge in [-0.2, -0.15) is 10.5 Å². The minimum atomic E-state index is 0.620. The molecule has 0 amide bonds. The number of nitriles is 2. The summed E-state index contributed by atoms with van der Waals surface area (Å²) >= 11 is 1.65. The lowest BCUT2D eigenvalue weighted by molar-refractivity contribution is 0.669. The smallest absolute Gasteiger partial charge is 0.136 e. The zero-order valence-electron chi connectivity index (χ0n) is 22.6. The quantitative estimate of drug-likeness (QED) is 0.209. The molecule has 0 aliphatic carbocycles. The fraction of sp³-hybridized carbons (Fsp3) is 0. The molecule has 3 aromatic heterocycles. The number of rotatable bonds is 2. The summed E-state index contributed by atoms with van der Waals surface area (Å²) in [5, 5.41) is 26.4. The summed E-state index contributed by atoms with van der Waals surface area (Å²) in [6.45, 7) is 0. The molecule has 43 heavy (non-hydrogen) atoms. The van der Waals surface area contributed by atoms with E-state index in [0.29, 0.717) is 11.1 Å². The van der Waals surface area contributed by atoms with Gasteiger partial charge in [-0.3, -0.25) is 0 Å². The molecule has 6 aromatic carbocycles. The van der Waals surface area contributed by atoms with Crippen molar-refractivity contribution in [2.45, 2.75) is 0 Å². The Morgan fingerprint density at radius 2 is 1.35 bits per heavy atom. The number of benzene rings is 6. The number of aromatic nitrogens is 1. The number of nitrogens with zero attached hydrogens (tertiary/aromatic N) is 3. The van der Waals surface area contributed by atoms with E-state index in [1.165, 1.54) is 0 Å². The fourth-order valence-electron chi connectivity index (χ4n) is 6.58. The van der Waals surface area contributed by atoms with Gasteiger partial charge in [-0.05, 0) is 59.7 Å². The number of thiophene rings is 1. The first-order valence-electron chi connectivity index (χ1n) is 14.0. The number of furan rings is 1. The van der Waals surface area contributed by atoms with Crippen LogP contribution >= 0.6 is 11.3 Å². The molecule has 0 atom stereocenters. The van der Waals surface area contributed by atoms with Crippen LogP contribution in [0.15, 0.2) is 120 Å². The summed E-state index contributed by atoms with van der Waals surface area (Å²) in [6, 6.07) is 43.8. The third kappa shape index (κ3) is 3.29. The van der Waals surface area contributed by atoms with Gasteiger partial charge in [0.15, 0.2) is 0 Å². The van der Waals surface area contributed by atoms with Gasteiger partial charge in [-0.15, -0.1) is 11.3 Å². The van der Waals surface area contributed by atoms with E-state index in [-0.39, 0.29) is 0 Å². The van der Waals surface area contributed by atoms with Gasteiger partial charge >= 0.3 is 0 Å². The number of hydrogen-bond acceptors (Lipinski definition) is 4. The van der Waals surface area contributed by atoms with Gasteiger partial charge in [-0.25, -0.2) is 0 Å². The van der Waals surface area contributed by atoms with Crippen molar-refractivity contribution in [3.63, 3.8) is 0 Å². The Labute approximate surface area is 249 Å². The zero-order valence-corrected chi connectivity index (χ0v) is 23.4. The van der Waals surface area contributed by atoms with Crippen molar-refractivity contribution in [1.82, 2.24) is 4.57 Å². The summed E-state index contributed by atoms with van der Waals surface area (Å²) < 4.78 is 10.5. The molecule has 0 aliphatic heterocycles. The van der Waals surface area contributed by atoms with Crippen LogP contribution in [0.4, 0.5) is 0 Å². The van der Waals surface area contributed by atoms with E-state index in [1.807, 2.05) is 48.5 Å². The van der Waals surface area contributed by atoms with Gasteiger partial charge < -0.3 is 8.98 Å². The van der Waals surface area contributed by atoms with Crippen LogP contribution in [0.5, 0.6) is 0 Å². The molecule has 9 rings (SSSR count). The molecule has 5 heteroatoms. The van der Waals surface area contributed by atoms with Crippen LogP contribution in [0, 0.1) is 22.7 Å². The van der Waals surface area contributed by atoms with E-state index in [4.69, 9.17) is 4.42 Å². The highest BCUT2D eigenvalue weighted by Crippen LogP contribution is 2.46. The molecular weight excluding hydrogens is 547 g/mol. The highest BCUT2D eigenvalue weighted by atomic mass is 32.1. The van der Waals surface area contributed by atoms with Crippen molar-refractivity contribution in [3.8, 4) is 29.0 Å². The van der Waals surface area contributed by atoms with Crippen LogP contribution in [0.1, 0.15) is 11.1 Å². The Morgan fingerprint density at radius 1 is 0.581 bits per heavy atom. The third-order valence-corrected chi connectivity index (χ3v) is 9.74. The summed E-state index contributed by atoms with van der Waals surface area (Å²) in [7, 11) is 0. The first-order valence-corrected chi connectivity index (χ1v) is 14.8. The maximum Gasteiger partial charge on any atom is 0.136 e. The van der Waals surface area contributed by atoms with Crippen molar-refractivity contribution in [3.05, 3.63) is 126 Å². The van der Waals surface area contributed by atoms with Crippen LogP contribution < -0.4 is 0 Å². The second kappa shape index (κ2) is 8.81. The molecule has 0 spiro atoms. The van der Waals surface area contributed by atoms with E-state index in [1.54, 1.807) is 11.3 Å². The average Bonchev–Trinajstić information content (AvgIpc) is 3.73. The molecule has 0 aliphatic rings. The van der Waals surface area contributed by atoms with Gasteiger partial charge in [0.25, 0.3) is 0 Å². The molecule has 0 radical (unpaired) electrons. The third-order valence-electron chi connectivity index (χ3n) is 8.48. The lowest BCUT2D eigenvalue weighted by Crippen LogP contribution is -1.94. The minimum absolute atomic E-state index is 0.620. The zero-order chi connectivity index (χ0) is 28.7. The maximum atomic E-state index is 10.1. The van der Waals surface area contributed by atoms with Gasteiger partial charge in [0.2, 0.25) is 0 Å². The van der Waals surface area contributed by atoms with E-state index < -0.39 is 0 Å². The highest BCUT2D eigenvalue weighted by Gasteiger charge is 2.20. The summed E-state index contributed by atoms with van der Waals surface area (Å²) in [5.41, 5.74) is 8.19. The molecule has 3 heterocycles. The number of hydrogen-bond donors (Lipinski definition) is 0. The first-order chi connectivity index (χ1) is 21.2. The predicted octanol–water partition coefficient (Wildman–Crippen LogP) is 10.5. The molecule has 9 aromatic rings. The molecule has 0 saturated heterocycles. The molecule has 4 nitrogen and oxygen atoms in total. The average molecular weight is 566 g/mol. The van der Waals surface area contributed by atoms with Crippen molar-refractivity contribution in [2.24, 2.45) is 0 Å². The highest BCUT2D eigenvalue weighted by molar-refractivity contribution is 7.26. The summed E-state index contributed by atoms with van der Waals surface area (Å²) in [6.07, 6.45) is 0. The molecule has 198 valence electrons. The summed E-state index contributed by atoms with van der Waals surface area (Å²) in [4.78, 5) is 0. The van der Waals surface area contributed by atoms with Crippen LogP contribution in [0.2, 0.25) is 0 Å². The SMILES string of the molecule is N#Cc1ccc2c3ccccc3n(-c3cccc4c3sc3c(C#N)ccc(-c5ccc6c(c5)oc5ccccc56)c34)c2c1. The molecule has 0 bridgehead atoms. The van der Waals surface area contributed by atoms with E-state index in [2.05, 4.69) is 83.4 Å². The van der Waals surface area contributed by atoms with Crippen molar-refractivity contribution in [1.29, 1.82) is 10.5 Å². The van der Waals surface area contributed by atoms with E-state index in [9.17, 15) is 10.5 Å². The lowest BCUT2D eigenvalue weighted by Gasteiger charge is -2.10. The Hall–Kier alpha value is -5.88. The number of para-hydroxylation sites is 2. The second-order valence-corrected chi connectivity index (χ2v) is 11.8. The Kier molecular flexibility index (Phi) is 4.87. The van der Waals surface area contributed by atoms with E-state index >= 15 is 0 Å². The lowest BCUT2D eigenvalue weighted by atomic mass is 9.96. The molecule has 0 unspecified atom stereocenters. The van der Waals surface area contributed by atoms with Gasteiger partial charge in [0.05, 0.1) is 43.3 Å². The minimum Gasteiger partial charge on any atom is -0.456 e. The van der Waals surface area contributed by atoms with Crippen LogP contribution in [0.25, 0.3) is 80.7 Å². The van der Waals surface area contributed by atoms with E-state index in [0.717, 1.165) is 80.7 Å². The molecule has 0 N–H and O–H groups in total. The van der Waals surface area contributed by atoms with Crippen molar-refractivity contribution < 1.29 is 4.42 Å². The molecule has 0 fully saturated rings. The maximum absolute atomic E-state index is 10.1. The topological polar surface area (TPSA) is 65.7 Å². The summed E-state index contributed by atoms with van der Waals surface area (Å²) in [5.74, 6) is 0. The largest absolute Gasteiger partial charge is 0.456 e. The molecular formula is C38H19N3OS. The Morgan fingerprint density at radius 3 is 2.23 bits per heavy atom. The second-order valence-electron chi connectivity index (χ2n) is 10.7. The van der Waals surface area contributed by atoms with Crippen LogP contribution in [0.3, 0.4) is 0 Å². The van der Waals surface area contributed by atoms with Crippen molar-refractivity contribution >= 4 is 75.3 Å². The fourth-order valence-corrected chi connectivity index (χ4v) is 7.88.